The minimum Gasteiger partial charge on any atom is -0.144 e. The summed E-state index contributed by atoms with van der Waals surface area (Å²) in [6.45, 7) is 0. The highest BCUT2D eigenvalue weighted by Gasteiger charge is 2.08. The second kappa shape index (κ2) is 5.09. The molecule has 0 atom stereocenters. The molecule has 3 rings (SSSR count). The molecule has 0 aliphatic rings. The van der Waals surface area contributed by atoms with Gasteiger partial charge >= 0.3 is 0 Å². The number of halogens is 1. The summed E-state index contributed by atoms with van der Waals surface area (Å²) < 4.78 is 1.12. The molecule has 18 heavy (non-hydrogen) atoms. The van der Waals surface area contributed by atoms with Crippen molar-refractivity contribution in [2.24, 2.45) is 0 Å². The van der Waals surface area contributed by atoms with E-state index in [2.05, 4.69) is 75.9 Å². The average Bonchev–Trinajstić information content (AvgIpc) is 2.93. The molecule has 0 amide bonds. The zero-order valence-corrected chi connectivity index (χ0v) is 12.0. The van der Waals surface area contributed by atoms with E-state index in [0.29, 0.717) is 0 Å². The van der Waals surface area contributed by atoms with Crippen molar-refractivity contribution in [1.82, 2.24) is 0 Å². The van der Waals surface area contributed by atoms with E-state index in [1.807, 2.05) is 6.07 Å². The van der Waals surface area contributed by atoms with Crippen LogP contribution in [0.15, 0.2) is 70.5 Å². The van der Waals surface area contributed by atoms with Crippen LogP contribution in [0.25, 0.3) is 21.6 Å². The van der Waals surface area contributed by atoms with Crippen LogP contribution in [0, 0.1) is 0 Å². The van der Waals surface area contributed by atoms with E-state index < -0.39 is 0 Å². The number of thiophene rings is 1. The van der Waals surface area contributed by atoms with Gasteiger partial charge in [-0.05, 0) is 34.7 Å². The predicted molar refractivity (Wildman–Crippen MR) is 82.9 cm³/mol. The topological polar surface area (TPSA) is 0 Å². The molecule has 0 unspecified atom stereocenters. The molecule has 0 saturated heterocycles. The monoisotopic (exact) mass is 314 g/mol. The summed E-state index contributed by atoms with van der Waals surface area (Å²) in [5.74, 6) is 0. The molecule has 0 saturated carbocycles. The van der Waals surface area contributed by atoms with Crippen LogP contribution in [0.3, 0.4) is 0 Å². The summed E-state index contributed by atoms with van der Waals surface area (Å²) in [5.41, 5.74) is 3.82. The smallest absolute Gasteiger partial charge is 0.0349 e. The van der Waals surface area contributed by atoms with Crippen molar-refractivity contribution in [1.29, 1.82) is 0 Å². The fourth-order valence-electron chi connectivity index (χ4n) is 2.02. The fraction of sp³-hybridized carbons (Fsp3) is 0. The number of benzene rings is 2. The lowest BCUT2D eigenvalue weighted by molar-refractivity contribution is 1.59. The summed E-state index contributed by atoms with van der Waals surface area (Å²) >= 11 is 5.33. The highest BCUT2D eigenvalue weighted by atomic mass is 79.9. The first-order valence-electron chi connectivity index (χ1n) is 5.73. The number of hydrogen-bond acceptors (Lipinski definition) is 1. The largest absolute Gasteiger partial charge is 0.144 e. The van der Waals surface area contributed by atoms with E-state index >= 15 is 0 Å². The quantitative estimate of drug-likeness (QED) is 0.557. The van der Waals surface area contributed by atoms with E-state index in [9.17, 15) is 0 Å². The molecule has 2 aromatic carbocycles. The van der Waals surface area contributed by atoms with Gasteiger partial charge in [-0.3, -0.25) is 0 Å². The van der Waals surface area contributed by atoms with Crippen molar-refractivity contribution >= 4 is 27.3 Å². The lowest BCUT2D eigenvalue weighted by Gasteiger charge is -2.09. The van der Waals surface area contributed by atoms with Crippen LogP contribution in [0.2, 0.25) is 0 Å². The van der Waals surface area contributed by atoms with Gasteiger partial charge in [0.25, 0.3) is 0 Å². The Labute approximate surface area is 119 Å². The van der Waals surface area contributed by atoms with Crippen LogP contribution < -0.4 is 0 Å². The van der Waals surface area contributed by atoms with Crippen LogP contribution in [0.4, 0.5) is 0 Å². The van der Waals surface area contributed by atoms with Crippen molar-refractivity contribution < 1.29 is 0 Å². The molecule has 0 fully saturated rings. The summed E-state index contributed by atoms with van der Waals surface area (Å²) in [7, 11) is 0. The predicted octanol–water partition coefficient (Wildman–Crippen LogP) is 5.84. The Kier molecular flexibility index (Phi) is 3.31. The Hall–Kier alpha value is -1.38. The van der Waals surface area contributed by atoms with Crippen LogP contribution in [-0.4, -0.2) is 0 Å². The van der Waals surface area contributed by atoms with E-state index in [4.69, 9.17) is 0 Å². The summed E-state index contributed by atoms with van der Waals surface area (Å²) in [6.07, 6.45) is 0. The van der Waals surface area contributed by atoms with Gasteiger partial charge in [-0.2, -0.15) is 0 Å². The highest BCUT2D eigenvalue weighted by Crippen LogP contribution is 2.36. The minimum atomic E-state index is 1.12. The van der Waals surface area contributed by atoms with E-state index in [0.717, 1.165) is 4.47 Å². The highest BCUT2D eigenvalue weighted by molar-refractivity contribution is 9.10. The lowest BCUT2D eigenvalue weighted by Crippen LogP contribution is -1.83. The van der Waals surface area contributed by atoms with Crippen LogP contribution >= 0.6 is 27.3 Å². The first-order chi connectivity index (χ1) is 8.84. The van der Waals surface area contributed by atoms with Crippen LogP contribution in [-0.2, 0) is 0 Å². The second-order valence-corrected chi connectivity index (χ2v) is 5.90. The molecule has 0 bridgehead atoms. The van der Waals surface area contributed by atoms with Gasteiger partial charge in [-0.1, -0.05) is 58.4 Å². The van der Waals surface area contributed by atoms with E-state index in [1.54, 1.807) is 11.3 Å². The lowest BCUT2D eigenvalue weighted by atomic mass is 9.99. The maximum absolute atomic E-state index is 3.56. The molecule has 3 aromatic rings. The molecular formula is C16H11BrS. The van der Waals surface area contributed by atoms with Crippen molar-refractivity contribution in [2.75, 3.05) is 0 Å². The summed E-state index contributed by atoms with van der Waals surface area (Å²) in [4.78, 5) is 1.30. The fourth-order valence-corrected chi connectivity index (χ4v) is 3.14. The number of rotatable bonds is 2. The Balaban J connectivity index is 2.21. The molecule has 1 heterocycles. The molecule has 0 nitrogen and oxygen atoms in total. The molecular weight excluding hydrogens is 304 g/mol. The third kappa shape index (κ3) is 2.26. The summed E-state index contributed by atoms with van der Waals surface area (Å²) in [6, 6.07) is 21.2. The minimum absolute atomic E-state index is 1.12. The normalized spacial score (nSPS) is 10.5. The SMILES string of the molecule is Brc1ccc(-c2ccccc2)c(-c2cccs2)c1. The third-order valence-electron chi connectivity index (χ3n) is 2.85. The van der Waals surface area contributed by atoms with Gasteiger partial charge in [0.15, 0.2) is 0 Å². The molecule has 88 valence electrons. The molecule has 1 aromatic heterocycles. The standard InChI is InChI=1S/C16H11BrS/c17-13-8-9-14(12-5-2-1-3-6-12)15(11-13)16-7-4-10-18-16/h1-11H. The first kappa shape index (κ1) is 11.7. The van der Waals surface area contributed by atoms with Crippen LogP contribution in [0.1, 0.15) is 0 Å². The zero-order valence-electron chi connectivity index (χ0n) is 9.64. The second-order valence-electron chi connectivity index (χ2n) is 4.03. The Morgan fingerprint density at radius 3 is 2.33 bits per heavy atom. The van der Waals surface area contributed by atoms with Gasteiger partial charge in [0.1, 0.15) is 0 Å². The number of hydrogen-bond donors (Lipinski definition) is 0. The third-order valence-corrected chi connectivity index (χ3v) is 4.25. The van der Waals surface area contributed by atoms with Gasteiger partial charge in [0.05, 0.1) is 0 Å². The van der Waals surface area contributed by atoms with E-state index in [1.165, 1.54) is 21.6 Å². The van der Waals surface area contributed by atoms with Gasteiger partial charge in [-0.25, -0.2) is 0 Å². The van der Waals surface area contributed by atoms with Gasteiger partial charge in [0.2, 0.25) is 0 Å². The molecule has 0 radical (unpaired) electrons. The van der Waals surface area contributed by atoms with Gasteiger partial charge < -0.3 is 0 Å². The molecule has 2 heteroatoms. The first-order valence-corrected chi connectivity index (χ1v) is 7.41. The van der Waals surface area contributed by atoms with Gasteiger partial charge in [0, 0.05) is 14.9 Å². The molecule has 0 aliphatic heterocycles. The Morgan fingerprint density at radius 1 is 0.778 bits per heavy atom. The molecule has 0 aliphatic carbocycles. The maximum atomic E-state index is 3.56. The maximum Gasteiger partial charge on any atom is 0.0349 e. The average molecular weight is 315 g/mol. The van der Waals surface area contributed by atoms with Crippen molar-refractivity contribution in [3.05, 3.63) is 70.5 Å². The van der Waals surface area contributed by atoms with E-state index in [-0.39, 0.29) is 0 Å². The Bertz CT molecular complexity index is 642. The Morgan fingerprint density at radius 2 is 1.61 bits per heavy atom. The van der Waals surface area contributed by atoms with Crippen molar-refractivity contribution in [2.45, 2.75) is 0 Å². The molecule has 0 N–H and O–H groups in total. The van der Waals surface area contributed by atoms with Crippen LogP contribution in [0.5, 0.6) is 0 Å². The zero-order chi connectivity index (χ0) is 12.4. The van der Waals surface area contributed by atoms with Crippen molar-refractivity contribution in [3.8, 4) is 21.6 Å². The van der Waals surface area contributed by atoms with Crippen molar-refractivity contribution in [3.63, 3.8) is 0 Å². The van der Waals surface area contributed by atoms with Gasteiger partial charge in [-0.15, -0.1) is 11.3 Å². The molecule has 0 spiro atoms. The summed E-state index contributed by atoms with van der Waals surface area (Å²) in [5, 5.41) is 2.12.